The van der Waals surface area contributed by atoms with E-state index in [1.807, 2.05) is 45.0 Å². The molecular weight excluding hydrogens is 218 g/mol. The maximum Gasteiger partial charge on any atom is 0.326 e. The monoisotopic (exact) mass is 237 g/mol. The van der Waals surface area contributed by atoms with E-state index in [9.17, 15) is 4.79 Å². The van der Waals surface area contributed by atoms with Crippen molar-refractivity contribution in [3.8, 4) is 5.75 Å². The molecule has 17 heavy (non-hydrogen) atoms. The molecule has 4 nitrogen and oxygen atoms in total. The number of nitrogens with one attached hydrogen (secondary N) is 1. The minimum absolute atomic E-state index is 0.0269. The van der Waals surface area contributed by atoms with Gasteiger partial charge in [0.2, 0.25) is 0 Å². The summed E-state index contributed by atoms with van der Waals surface area (Å²) in [6.07, 6.45) is 0. The largest absolute Gasteiger partial charge is 0.494 e. The van der Waals surface area contributed by atoms with Crippen molar-refractivity contribution in [2.75, 3.05) is 11.9 Å². The third-order valence-electron chi connectivity index (χ3n) is 2.42. The zero-order valence-electron chi connectivity index (χ0n) is 10.4. The minimum atomic E-state index is -0.839. The van der Waals surface area contributed by atoms with Crippen molar-refractivity contribution in [3.63, 3.8) is 0 Å². The summed E-state index contributed by atoms with van der Waals surface area (Å²) in [6.45, 7) is 6.29. The Morgan fingerprint density at radius 2 is 1.94 bits per heavy atom. The number of hydrogen-bond acceptors (Lipinski definition) is 3. The molecule has 1 unspecified atom stereocenters. The van der Waals surface area contributed by atoms with Crippen molar-refractivity contribution < 1.29 is 14.6 Å². The van der Waals surface area contributed by atoms with E-state index in [2.05, 4.69) is 5.32 Å². The molecule has 0 radical (unpaired) electrons. The second kappa shape index (κ2) is 6.13. The first-order valence-electron chi connectivity index (χ1n) is 5.76. The molecule has 0 saturated heterocycles. The van der Waals surface area contributed by atoms with Gasteiger partial charge in [0.25, 0.3) is 0 Å². The van der Waals surface area contributed by atoms with Crippen LogP contribution in [0.3, 0.4) is 0 Å². The fourth-order valence-electron chi connectivity index (χ4n) is 1.51. The highest BCUT2D eigenvalue weighted by molar-refractivity contribution is 5.77. The summed E-state index contributed by atoms with van der Waals surface area (Å²) in [5, 5.41) is 12.0. The van der Waals surface area contributed by atoms with Crippen molar-refractivity contribution in [3.05, 3.63) is 24.3 Å². The van der Waals surface area contributed by atoms with Crippen LogP contribution in [0, 0.1) is 5.92 Å². The molecule has 0 aliphatic rings. The zero-order valence-corrected chi connectivity index (χ0v) is 10.4. The summed E-state index contributed by atoms with van der Waals surface area (Å²) in [4.78, 5) is 11.0. The van der Waals surface area contributed by atoms with Gasteiger partial charge < -0.3 is 15.2 Å². The average Bonchev–Trinajstić information content (AvgIpc) is 2.27. The first kappa shape index (κ1) is 13.4. The molecule has 0 amide bonds. The van der Waals surface area contributed by atoms with Gasteiger partial charge in [-0.05, 0) is 37.1 Å². The molecule has 4 heteroatoms. The molecule has 1 atom stereocenters. The molecule has 1 aromatic carbocycles. The molecule has 0 saturated carbocycles. The van der Waals surface area contributed by atoms with Gasteiger partial charge in [-0.2, -0.15) is 0 Å². The smallest absolute Gasteiger partial charge is 0.326 e. The van der Waals surface area contributed by atoms with Crippen LogP contribution in [0.25, 0.3) is 0 Å². The Morgan fingerprint density at radius 1 is 1.35 bits per heavy atom. The lowest BCUT2D eigenvalue weighted by atomic mass is 10.0. The standard InChI is InChI=1S/C13H19NO3/c1-4-17-11-7-5-10(6-8-11)14-12(9(2)3)13(15)16/h5-9,12,14H,4H2,1-3H3,(H,15,16). The summed E-state index contributed by atoms with van der Waals surface area (Å²) >= 11 is 0. The van der Waals surface area contributed by atoms with Crippen LogP contribution in [0.4, 0.5) is 5.69 Å². The molecule has 1 rings (SSSR count). The molecule has 0 bridgehead atoms. The van der Waals surface area contributed by atoms with Gasteiger partial charge in [-0.1, -0.05) is 13.8 Å². The lowest BCUT2D eigenvalue weighted by molar-refractivity contribution is -0.138. The van der Waals surface area contributed by atoms with E-state index in [4.69, 9.17) is 9.84 Å². The van der Waals surface area contributed by atoms with Crippen molar-refractivity contribution in [2.45, 2.75) is 26.8 Å². The van der Waals surface area contributed by atoms with Gasteiger partial charge in [-0.25, -0.2) is 4.79 Å². The van der Waals surface area contributed by atoms with E-state index >= 15 is 0 Å². The number of carboxylic acids is 1. The highest BCUT2D eigenvalue weighted by atomic mass is 16.5. The molecule has 0 aromatic heterocycles. The maximum absolute atomic E-state index is 11.0. The molecule has 94 valence electrons. The van der Waals surface area contributed by atoms with E-state index in [0.29, 0.717) is 6.61 Å². The van der Waals surface area contributed by atoms with Crippen molar-refractivity contribution in [1.82, 2.24) is 0 Å². The highest BCUT2D eigenvalue weighted by Crippen LogP contribution is 2.18. The third kappa shape index (κ3) is 3.98. The summed E-state index contributed by atoms with van der Waals surface area (Å²) in [7, 11) is 0. The lowest BCUT2D eigenvalue weighted by Gasteiger charge is -2.19. The Kier molecular flexibility index (Phi) is 4.82. The zero-order chi connectivity index (χ0) is 12.8. The summed E-state index contributed by atoms with van der Waals surface area (Å²) in [6, 6.07) is 6.72. The van der Waals surface area contributed by atoms with Crippen LogP contribution < -0.4 is 10.1 Å². The maximum atomic E-state index is 11.0. The van der Waals surface area contributed by atoms with Gasteiger partial charge >= 0.3 is 5.97 Å². The van der Waals surface area contributed by atoms with Crippen molar-refractivity contribution in [2.24, 2.45) is 5.92 Å². The first-order chi connectivity index (χ1) is 8.04. The quantitative estimate of drug-likeness (QED) is 0.798. The molecular formula is C13H19NO3. The Balaban J connectivity index is 2.70. The predicted octanol–water partition coefficient (Wildman–Crippen LogP) is 2.61. The predicted molar refractivity (Wildman–Crippen MR) is 67.5 cm³/mol. The van der Waals surface area contributed by atoms with E-state index in [0.717, 1.165) is 11.4 Å². The van der Waals surface area contributed by atoms with Crippen LogP contribution in [0.2, 0.25) is 0 Å². The first-order valence-corrected chi connectivity index (χ1v) is 5.76. The van der Waals surface area contributed by atoms with E-state index in [-0.39, 0.29) is 5.92 Å². The topological polar surface area (TPSA) is 58.6 Å². The molecule has 2 N–H and O–H groups in total. The fraction of sp³-hybridized carbons (Fsp3) is 0.462. The van der Waals surface area contributed by atoms with Gasteiger partial charge in [0, 0.05) is 5.69 Å². The Bertz CT molecular complexity index is 359. The number of carbonyl (C=O) groups is 1. The van der Waals surface area contributed by atoms with Crippen LogP contribution in [-0.2, 0) is 4.79 Å². The highest BCUT2D eigenvalue weighted by Gasteiger charge is 2.20. The number of rotatable bonds is 6. The van der Waals surface area contributed by atoms with Gasteiger partial charge in [0.15, 0.2) is 0 Å². The molecule has 0 aliphatic carbocycles. The number of ether oxygens (including phenoxy) is 1. The van der Waals surface area contributed by atoms with Crippen LogP contribution >= 0.6 is 0 Å². The van der Waals surface area contributed by atoms with Crippen LogP contribution in [-0.4, -0.2) is 23.7 Å². The Morgan fingerprint density at radius 3 is 2.35 bits per heavy atom. The van der Waals surface area contributed by atoms with Gasteiger partial charge in [0.05, 0.1) is 6.61 Å². The lowest BCUT2D eigenvalue weighted by Crippen LogP contribution is -2.34. The third-order valence-corrected chi connectivity index (χ3v) is 2.42. The number of hydrogen-bond donors (Lipinski definition) is 2. The molecule has 1 aromatic rings. The Labute approximate surface area is 102 Å². The van der Waals surface area contributed by atoms with Crippen LogP contribution in [0.5, 0.6) is 5.75 Å². The number of benzene rings is 1. The minimum Gasteiger partial charge on any atom is -0.494 e. The van der Waals surface area contributed by atoms with E-state index in [1.165, 1.54) is 0 Å². The van der Waals surface area contributed by atoms with Crippen LogP contribution in [0.1, 0.15) is 20.8 Å². The normalized spacial score (nSPS) is 12.2. The Hall–Kier alpha value is -1.71. The molecule has 0 aliphatic heterocycles. The molecule has 0 fully saturated rings. The summed E-state index contributed by atoms with van der Waals surface area (Å²) < 4.78 is 5.32. The number of carboxylic acid groups (broad SMARTS) is 1. The van der Waals surface area contributed by atoms with E-state index < -0.39 is 12.0 Å². The second-order valence-corrected chi connectivity index (χ2v) is 4.16. The van der Waals surface area contributed by atoms with Crippen molar-refractivity contribution >= 4 is 11.7 Å². The van der Waals surface area contributed by atoms with Gasteiger partial charge in [0.1, 0.15) is 11.8 Å². The summed E-state index contributed by atoms with van der Waals surface area (Å²) in [5.74, 6) is -0.0255. The van der Waals surface area contributed by atoms with Gasteiger partial charge in [-0.15, -0.1) is 0 Å². The van der Waals surface area contributed by atoms with Crippen LogP contribution in [0.15, 0.2) is 24.3 Å². The fourth-order valence-corrected chi connectivity index (χ4v) is 1.51. The average molecular weight is 237 g/mol. The SMILES string of the molecule is CCOc1ccc(NC(C(=O)O)C(C)C)cc1. The van der Waals surface area contributed by atoms with Crippen molar-refractivity contribution in [1.29, 1.82) is 0 Å². The van der Waals surface area contributed by atoms with E-state index in [1.54, 1.807) is 0 Å². The molecule has 0 heterocycles. The summed E-state index contributed by atoms with van der Waals surface area (Å²) in [5.41, 5.74) is 0.787. The number of aliphatic carboxylic acids is 1. The van der Waals surface area contributed by atoms with Gasteiger partial charge in [-0.3, -0.25) is 0 Å². The second-order valence-electron chi connectivity index (χ2n) is 4.16. The molecule has 0 spiro atoms. The number of anilines is 1.